The summed E-state index contributed by atoms with van der Waals surface area (Å²) in [6.07, 6.45) is 4.90. The van der Waals surface area contributed by atoms with E-state index in [0.717, 1.165) is 0 Å². The van der Waals surface area contributed by atoms with Gasteiger partial charge in [-0.25, -0.2) is 14.2 Å². The number of pyridine rings is 1. The number of anilines is 1. The molecule has 9 nitrogen and oxygen atoms in total. The van der Waals surface area contributed by atoms with Gasteiger partial charge in [0, 0.05) is 19.2 Å². The fraction of sp³-hybridized carbons (Fsp3) is 0.550. The molecule has 2 aliphatic rings. The van der Waals surface area contributed by atoms with Crippen molar-refractivity contribution in [3.63, 3.8) is 0 Å². The molecule has 1 aliphatic carbocycles. The number of nitrogens with one attached hydrogen (secondary N) is 2. The first-order valence-corrected chi connectivity index (χ1v) is 10.3. The van der Waals surface area contributed by atoms with Crippen LogP contribution in [0.15, 0.2) is 18.5 Å². The Hall–Kier alpha value is -3.11. The Morgan fingerprint density at radius 1 is 1.26 bits per heavy atom. The summed E-state index contributed by atoms with van der Waals surface area (Å²) in [5.74, 6) is -4.67. The fourth-order valence-corrected chi connectivity index (χ4v) is 4.05. The normalized spacial score (nSPS) is 22.6. The number of amides is 3. The molecule has 1 unspecified atom stereocenters. The van der Waals surface area contributed by atoms with Gasteiger partial charge in [-0.3, -0.25) is 19.4 Å². The van der Waals surface area contributed by atoms with E-state index in [9.17, 15) is 23.2 Å². The van der Waals surface area contributed by atoms with Crippen molar-refractivity contribution in [3.05, 3.63) is 24.0 Å². The molecule has 1 aromatic heterocycles. The Labute approximate surface area is 178 Å². The third kappa shape index (κ3) is 5.15. The van der Waals surface area contributed by atoms with Crippen LogP contribution in [0.2, 0.25) is 0 Å². The molecule has 0 radical (unpaired) electrons. The lowest BCUT2D eigenvalue weighted by molar-refractivity contribution is -0.140. The third-order valence-electron chi connectivity index (χ3n) is 5.76. The van der Waals surface area contributed by atoms with Crippen LogP contribution >= 0.6 is 0 Å². The van der Waals surface area contributed by atoms with Crippen molar-refractivity contribution in [2.45, 2.75) is 56.5 Å². The number of nitrogens with zero attached hydrogens (tertiary/aromatic N) is 2. The molecule has 11 heteroatoms. The molecular formula is C20H27F2N6O3+. The number of carbonyl (C=O) groups excluding carboxylic acids is 3. The molecule has 0 aromatic carbocycles. The van der Waals surface area contributed by atoms with E-state index in [-0.39, 0.29) is 31.0 Å². The molecule has 1 aliphatic heterocycles. The summed E-state index contributed by atoms with van der Waals surface area (Å²) in [5.41, 5.74) is 5.69. The molecule has 2 fully saturated rings. The van der Waals surface area contributed by atoms with Gasteiger partial charge in [0.05, 0.1) is 30.0 Å². The van der Waals surface area contributed by atoms with Crippen LogP contribution in [0.1, 0.15) is 44.1 Å². The van der Waals surface area contributed by atoms with Crippen molar-refractivity contribution in [2.75, 3.05) is 18.4 Å². The van der Waals surface area contributed by atoms with Crippen LogP contribution in [0, 0.1) is 0 Å². The van der Waals surface area contributed by atoms with Crippen molar-refractivity contribution in [1.82, 2.24) is 15.2 Å². The molecule has 1 saturated heterocycles. The molecule has 0 bridgehead atoms. The number of nitrogens with two attached hydrogens (primary N) is 2. The Morgan fingerprint density at radius 2 is 2.03 bits per heavy atom. The molecule has 3 rings (SSSR count). The highest BCUT2D eigenvalue weighted by Gasteiger charge is 2.44. The first-order valence-electron chi connectivity index (χ1n) is 10.3. The molecule has 2 heterocycles. The number of halogens is 2. The number of likely N-dealkylation sites (tertiary alicyclic amines) is 1. The minimum Gasteiger partial charge on any atom is -0.374 e. The Kier molecular flexibility index (Phi) is 6.81. The maximum absolute atomic E-state index is 14.1. The number of hydrogen-bond acceptors (Lipinski definition) is 5. The van der Waals surface area contributed by atoms with Gasteiger partial charge >= 0.3 is 5.91 Å². The molecule has 1 aromatic rings. The maximum Gasteiger partial charge on any atom is 0.313 e. The van der Waals surface area contributed by atoms with E-state index in [1.54, 1.807) is 0 Å². The number of hydrogen-bond donors (Lipinski definition) is 4. The quantitative estimate of drug-likeness (QED) is 0.414. The van der Waals surface area contributed by atoms with Crippen molar-refractivity contribution in [1.29, 1.82) is 0 Å². The maximum atomic E-state index is 14.1. The van der Waals surface area contributed by atoms with Gasteiger partial charge in [-0.15, -0.1) is 0 Å². The van der Waals surface area contributed by atoms with Crippen LogP contribution in [0.5, 0.6) is 0 Å². The molecule has 1 saturated carbocycles. The minimum atomic E-state index is -2.93. The van der Waals surface area contributed by atoms with E-state index in [1.165, 1.54) is 23.4 Å². The zero-order valence-corrected chi connectivity index (χ0v) is 17.1. The average molecular weight is 437 g/mol. The van der Waals surface area contributed by atoms with Gasteiger partial charge in [0.25, 0.3) is 11.6 Å². The summed E-state index contributed by atoms with van der Waals surface area (Å²) >= 11 is 0. The lowest BCUT2D eigenvalue weighted by atomic mass is 9.91. The van der Waals surface area contributed by atoms with E-state index in [0.29, 0.717) is 43.5 Å². The smallest absolute Gasteiger partial charge is 0.313 e. The lowest BCUT2D eigenvalue weighted by Gasteiger charge is -2.33. The van der Waals surface area contributed by atoms with Gasteiger partial charge in [-0.1, -0.05) is 6.42 Å². The van der Waals surface area contributed by atoms with E-state index in [1.807, 2.05) is 0 Å². The minimum absolute atomic E-state index is 0.177. The van der Waals surface area contributed by atoms with E-state index < -0.39 is 29.8 Å². The van der Waals surface area contributed by atoms with Crippen molar-refractivity contribution >= 4 is 29.1 Å². The Morgan fingerprint density at radius 3 is 2.74 bits per heavy atom. The predicted molar refractivity (Wildman–Crippen MR) is 108 cm³/mol. The molecular weight excluding hydrogens is 410 g/mol. The van der Waals surface area contributed by atoms with Gasteiger partial charge < -0.3 is 21.3 Å². The standard InChI is InChI=1S/C20H26F2N6O3/c21-20(22)7-2-1-5-15(20)27-19(31)14-4-3-9-28(14)16(29)11-26-13-10-25-8-6-12(13)17(23)18(24)30/h6,8,10,14-15,23,26H,1-5,7,9,11H2,(H2,24,30)(H,27,31)/p+1/t14-,15?/m0/s1. The predicted octanol–water partition coefficient (Wildman–Crippen LogP) is -0.788. The second-order valence-electron chi connectivity index (χ2n) is 7.87. The van der Waals surface area contributed by atoms with Crippen molar-refractivity contribution in [2.24, 2.45) is 5.73 Å². The highest BCUT2D eigenvalue weighted by molar-refractivity contribution is 6.43. The summed E-state index contributed by atoms with van der Waals surface area (Å²) in [6, 6.07) is -0.499. The summed E-state index contributed by atoms with van der Waals surface area (Å²) in [4.78, 5) is 42.1. The highest BCUT2D eigenvalue weighted by atomic mass is 19.3. The summed E-state index contributed by atoms with van der Waals surface area (Å²) in [5, 5.41) is 11.0. The van der Waals surface area contributed by atoms with Gasteiger partial charge in [0.15, 0.2) is 0 Å². The number of alkyl halides is 2. The number of rotatable bonds is 7. The zero-order chi connectivity index (χ0) is 22.6. The lowest BCUT2D eigenvalue weighted by Crippen LogP contribution is -2.55. The highest BCUT2D eigenvalue weighted by Crippen LogP contribution is 2.33. The van der Waals surface area contributed by atoms with Gasteiger partial charge in [0.2, 0.25) is 11.8 Å². The first-order chi connectivity index (χ1) is 14.7. The summed E-state index contributed by atoms with van der Waals surface area (Å²) < 4.78 is 28.2. The molecule has 168 valence electrons. The monoisotopic (exact) mass is 437 g/mol. The SMILES string of the molecule is NC(=O)C(=[NH2+])c1ccncc1NCC(=O)N1CCC[C@H]1C(=O)NC1CCCCC1(F)F. The molecule has 3 amide bonds. The molecule has 0 spiro atoms. The van der Waals surface area contributed by atoms with Gasteiger partial charge in [-0.2, -0.15) is 0 Å². The van der Waals surface area contributed by atoms with Gasteiger partial charge in [0.1, 0.15) is 6.04 Å². The van der Waals surface area contributed by atoms with E-state index in [2.05, 4.69) is 15.6 Å². The molecule has 2 atom stereocenters. The fourth-order valence-electron chi connectivity index (χ4n) is 4.05. The summed E-state index contributed by atoms with van der Waals surface area (Å²) in [6.45, 7) is 0.170. The number of carbonyl (C=O) groups is 3. The van der Waals surface area contributed by atoms with Crippen LogP contribution in [-0.4, -0.2) is 64.4 Å². The van der Waals surface area contributed by atoms with Crippen LogP contribution in [0.3, 0.4) is 0 Å². The Bertz CT molecular complexity index is 878. The van der Waals surface area contributed by atoms with E-state index in [4.69, 9.17) is 11.1 Å². The van der Waals surface area contributed by atoms with Crippen LogP contribution in [0.4, 0.5) is 14.5 Å². The van der Waals surface area contributed by atoms with Crippen LogP contribution in [0.25, 0.3) is 0 Å². The number of aromatic nitrogens is 1. The summed E-state index contributed by atoms with van der Waals surface area (Å²) in [7, 11) is 0. The Balaban J connectivity index is 1.62. The average Bonchev–Trinajstić information content (AvgIpc) is 3.23. The molecule has 6 N–H and O–H groups in total. The number of primary amides is 1. The van der Waals surface area contributed by atoms with E-state index >= 15 is 0 Å². The topological polar surface area (TPSA) is 143 Å². The second-order valence-corrected chi connectivity index (χ2v) is 7.87. The van der Waals surface area contributed by atoms with Crippen LogP contribution in [-0.2, 0) is 14.4 Å². The first kappa shape index (κ1) is 22.6. The van der Waals surface area contributed by atoms with Crippen molar-refractivity contribution < 1.29 is 28.6 Å². The second kappa shape index (κ2) is 9.36. The van der Waals surface area contributed by atoms with Gasteiger partial charge in [-0.05, 0) is 31.7 Å². The zero-order valence-electron chi connectivity index (χ0n) is 17.1. The van der Waals surface area contributed by atoms with Crippen molar-refractivity contribution in [3.8, 4) is 0 Å². The van der Waals surface area contributed by atoms with Crippen LogP contribution < -0.4 is 21.8 Å². The third-order valence-corrected chi connectivity index (χ3v) is 5.76. The largest absolute Gasteiger partial charge is 0.374 e. The molecule has 31 heavy (non-hydrogen) atoms.